The lowest BCUT2D eigenvalue weighted by molar-refractivity contribution is 1.28. The van der Waals surface area contributed by atoms with Gasteiger partial charge in [-0.15, -0.1) is 0 Å². The minimum atomic E-state index is 0.841. The molecule has 0 aliphatic carbocycles. The normalized spacial score (nSPS) is 11.2. The van der Waals surface area contributed by atoms with Crippen LogP contribution in [-0.4, -0.2) is 24.9 Å². The molecule has 5 aromatic heterocycles. The fraction of sp³-hybridized carbons (Fsp3) is 0. The van der Waals surface area contributed by atoms with Crippen LogP contribution in [0.15, 0.2) is 382 Å². The first-order valence-electron chi connectivity index (χ1n) is 33.8. The van der Waals surface area contributed by atoms with Gasteiger partial charge in [-0.05, 0) is 150 Å². The van der Waals surface area contributed by atoms with Gasteiger partial charge in [-0.2, -0.15) is 0 Å². The van der Waals surface area contributed by atoms with E-state index in [0.29, 0.717) is 0 Å². The van der Waals surface area contributed by atoms with Crippen molar-refractivity contribution in [1.82, 2.24) is 24.9 Å². The van der Waals surface area contributed by atoms with Gasteiger partial charge in [0.1, 0.15) is 0 Å². The smallest absolute Gasteiger partial charge is 0.0893 e. The molecule has 468 valence electrons. The van der Waals surface area contributed by atoms with Gasteiger partial charge in [0.25, 0.3) is 0 Å². The van der Waals surface area contributed by atoms with Gasteiger partial charge in [0.05, 0.1) is 50.5 Å². The number of nitrogens with zero attached hydrogens (tertiary/aromatic N) is 5. The second-order valence-corrected chi connectivity index (χ2v) is 25.1. The van der Waals surface area contributed by atoms with Gasteiger partial charge >= 0.3 is 0 Å². The molecule has 5 heteroatoms. The summed E-state index contributed by atoms with van der Waals surface area (Å²) in [6.45, 7) is 0. The maximum atomic E-state index is 5.21. The third-order valence-electron chi connectivity index (χ3n) is 18.9. The van der Waals surface area contributed by atoms with E-state index in [1.54, 1.807) is 0 Å². The second-order valence-electron chi connectivity index (χ2n) is 25.1. The third kappa shape index (κ3) is 12.6. The molecule has 0 aliphatic rings. The highest BCUT2D eigenvalue weighted by Gasteiger charge is 2.17. The van der Waals surface area contributed by atoms with Crippen LogP contribution in [0.3, 0.4) is 0 Å². The van der Waals surface area contributed by atoms with Crippen LogP contribution in [0.25, 0.3) is 178 Å². The van der Waals surface area contributed by atoms with E-state index in [0.717, 1.165) is 128 Å². The summed E-state index contributed by atoms with van der Waals surface area (Å²) in [7, 11) is 0. The van der Waals surface area contributed by atoms with Crippen molar-refractivity contribution in [3.05, 3.63) is 382 Å². The minimum absolute atomic E-state index is 0.841. The van der Waals surface area contributed by atoms with E-state index in [9.17, 15) is 0 Å². The third-order valence-corrected chi connectivity index (χ3v) is 18.9. The van der Waals surface area contributed by atoms with Crippen molar-refractivity contribution in [2.75, 3.05) is 0 Å². The predicted molar refractivity (Wildman–Crippen MR) is 417 cm³/mol. The van der Waals surface area contributed by atoms with Crippen molar-refractivity contribution in [2.45, 2.75) is 0 Å². The van der Waals surface area contributed by atoms with Gasteiger partial charge in [-0.3, -0.25) is 4.98 Å². The summed E-state index contributed by atoms with van der Waals surface area (Å²) in [5, 5.41) is 4.46. The summed E-state index contributed by atoms with van der Waals surface area (Å²) < 4.78 is 0. The molecule has 0 amide bonds. The molecule has 100 heavy (non-hydrogen) atoms. The fourth-order valence-corrected chi connectivity index (χ4v) is 13.4. The van der Waals surface area contributed by atoms with E-state index in [1.807, 2.05) is 48.7 Å². The van der Waals surface area contributed by atoms with Crippen molar-refractivity contribution < 1.29 is 0 Å². The molecule has 0 bridgehead atoms. The summed E-state index contributed by atoms with van der Waals surface area (Å²) in [6, 6.07) is 132. The molecule has 18 aromatic rings. The second kappa shape index (κ2) is 27.0. The van der Waals surface area contributed by atoms with E-state index >= 15 is 0 Å². The molecule has 18 rings (SSSR count). The lowest BCUT2D eigenvalue weighted by atomic mass is 9.94. The van der Waals surface area contributed by atoms with E-state index < -0.39 is 0 Å². The largest absolute Gasteiger partial charge is 0.254 e. The molecule has 0 saturated heterocycles. The van der Waals surface area contributed by atoms with Gasteiger partial charge in [0.2, 0.25) is 0 Å². The lowest BCUT2D eigenvalue weighted by Gasteiger charge is -2.13. The Balaban J connectivity index is 0.000000150. The summed E-state index contributed by atoms with van der Waals surface area (Å²) >= 11 is 0. The summed E-state index contributed by atoms with van der Waals surface area (Å²) in [5.74, 6) is 0. The first-order chi connectivity index (χ1) is 49.5. The Labute approximate surface area is 581 Å². The monoisotopic (exact) mass is 1270 g/mol. The fourth-order valence-electron chi connectivity index (χ4n) is 13.4. The molecule has 0 atom stereocenters. The number of rotatable bonds is 12. The van der Waals surface area contributed by atoms with Crippen LogP contribution in [0.4, 0.5) is 0 Å². The Hall–Kier alpha value is -13.4. The summed E-state index contributed by atoms with van der Waals surface area (Å²) in [6.07, 6.45) is 1.96. The topological polar surface area (TPSA) is 64.5 Å². The molecule has 0 aliphatic heterocycles. The molecular formula is C95H63N5. The Morgan fingerprint density at radius 1 is 0.150 bits per heavy atom. The molecule has 5 heterocycles. The van der Waals surface area contributed by atoms with Crippen LogP contribution in [0.2, 0.25) is 0 Å². The van der Waals surface area contributed by atoms with E-state index in [2.05, 4.69) is 334 Å². The average Bonchev–Trinajstić information content (AvgIpc) is 0.771. The first kappa shape index (κ1) is 60.3. The molecule has 0 N–H and O–H groups in total. The Bertz CT molecular complexity index is 5560. The van der Waals surface area contributed by atoms with Gasteiger partial charge in [0, 0.05) is 50.0 Å². The number of pyridine rings is 5. The van der Waals surface area contributed by atoms with Crippen molar-refractivity contribution in [2.24, 2.45) is 0 Å². The summed E-state index contributed by atoms with van der Waals surface area (Å²) in [5.41, 5.74) is 30.3. The van der Waals surface area contributed by atoms with Crippen molar-refractivity contribution in [3.8, 4) is 134 Å². The summed E-state index contributed by atoms with van der Waals surface area (Å²) in [4.78, 5) is 25.1. The number of fused-ring (bicyclic) bond motifs is 4. The number of hydrogen-bond donors (Lipinski definition) is 0. The molecule has 13 aromatic carbocycles. The van der Waals surface area contributed by atoms with Crippen LogP contribution >= 0.6 is 0 Å². The van der Waals surface area contributed by atoms with Crippen molar-refractivity contribution >= 4 is 43.6 Å². The van der Waals surface area contributed by atoms with E-state index in [-0.39, 0.29) is 0 Å². The molecule has 0 radical (unpaired) electrons. The van der Waals surface area contributed by atoms with Gasteiger partial charge in [-0.25, -0.2) is 19.9 Å². The van der Waals surface area contributed by atoms with Crippen LogP contribution in [0, 0.1) is 0 Å². The minimum Gasteiger partial charge on any atom is -0.254 e. The van der Waals surface area contributed by atoms with E-state index in [4.69, 9.17) is 24.9 Å². The highest BCUT2D eigenvalue weighted by Crippen LogP contribution is 2.40. The highest BCUT2D eigenvalue weighted by atomic mass is 14.8. The standard InChI is InChI=1S/C48H32N2.C47H31N3/c1-3-9-33(10-4-1)35-15-17-37(18-16-35)42-28-30-47-44(31-42)43(32-48(50-47)41-23-19-36(20-24-41)34-11-5-2-6-12-34)38-21-25-40(26-22-38)46-29-27-39-13-7-8-14-45(39)49-46;1-3-9-32(10-4-1)34-15-17-36(18-16-34)39-24-26-44-42(29-39)41(30-47(50-44)38-21-19-35(20-22-38)33-11-5-2-6-12-33)40-25-27-45(48-31-40)46-28-23-37-13-7-8-14-43(37)49-46/h1-32H;1-31H. The molecular weight excluding hydrogens is 1210 g/mol. The maximum Gasteiger partial charge on any atom is 0.0893 e. The van der Waals surface area contributed by atoms with Crippen molar-refractivity contribution in [1.29, 1.82) is 0 Å². The van der Waals surface area contributed by atoms with Gasteiger partial charge in [-0.1, -0.05) is 309 Å². The SMILES string of the molecule is c1ccc(-c2ccc(-c3ccc4nc(-c5ccc(-c6ccccc6)cc5)cc(-c5ccc(-c6ccc7ccccc7n6)cc5)c4c3)cc2)cc1.c1ccc(-c2ccc(-c3ccc4nc(-c5ccc(-c6ccccc6)cc5)cc(-c5ccc(-c6ccc7ccccc7n6)nc5)c4c3)cc2)cc1. The predicted octanol–water partition coefficient (Wildman–Crippen LogP) is 25.0. The zero-order chi connectivity index (χ0) is 66.6. The molecule has 0 fully saturated rings. The Morgan fingerprint density at radius 2 is 0.430 bits per heavy atom. The maximum absolute atomic E-state index is 5.21. The number of aromatic nitrogens is 5. The first-order valence-corrected chi connectivity index (χ1v) is 33.8. The lowest BCUT2D eigenvalue weighted by Crippen LogP contribution is -1.93. The Kier molecular flexibility index (Phi) is 16.3. The number of para-hydroxylation sites is 2. The molecule has 5 nitrogen and oxygen atoms in total. The Morgan fingerprint density at radius 3 is 0.830 bits per heavy atom. The van der Waals surface area contributed by atoms with Crippen LogP contribution in [-0.2, 0) is 0 Å². The van der Waals surface area contributed by atoms with Gasteiger partial charge in [0.15, 0.2) is 0 Å². The van der Waals surface area contributed by atoms with Gasteiger partial charge < -0.3 is 0 Å². The zero-order valence-electron chi connectivity index (χ0n) is 54.6. The van der Waals surface area contributed by atoms with Crippen LogP contribution < -0.4 is 0 Å². The van der Waals surface area contributed by atoms with E-state index in [1.165, 1.54) is 50.1 Å². The number of hydrogen-bond acceptors (Lipinski definition) is 5. The van der Waals surface area contributed by atoms with Crippen LogP contribution in [0.5, 0.6) is 0 Å². The van der Waals surface area contributed by atoms with Crippen LogP contribution in [0.1, 0.15) is 0 Å². The quantitative estimate of drug-likeness (QED) is 0.122. The molecule has 0 unspecified atom stereocenters. The average molecular weight is 1270 g/mol. The number of benzene rings is 13. The molecule has 0 spiro atoms. The zero-order valence-corrected chi connectivity index (χ0v) is 54.6. The molecule has 0 saturated carbocycles. The highest BCUT2D eigenvalue weighted by molar-refractivity contribution is 6.01. The van der Waals surface area contributed by atoms with Crippen molar-refractivity contribution in [3.63, 3.8) is 0 Å².